The first kappa shape index (κ1) is 13.9. The molecule has 0 aliphatic carbocycles. The number of nitriles is 1. The average molecular weight is 336 g/mol. The molecule has 0 saturated heterocycles. The zero-order valence-electron chi connectivity index (χ0n) is 10.3. The van der Waals surface area contributed by atoms with E-state index in [9.17, 15) is 5.26 Å². The molecule has 0 aliphatic rings. The van der Waals surface area contributed by atoms with E-state index in [0.717, 1.165) is 20.7 Å². The highest BCUT2D eigenvalue weighted by molar-refractivity contribution is 9.10. The minimum absolute atomic E-state index is 0.0960. The maximum Gasteiger partial charge on any atom is 0.103 e. The molecule has 2 rings (SSSR count). The summed E-state index contributed by atoms with van der Waals surface area (Å²) in [4.78, 5) is 0. The molecule has 0 heterocycles. The number of anilines is 1. The van der Waals surface area contributed by atoms with Crippen molar-refractivity contribution in [2.45, 2.75) is 13.0 Å². The van der Waals surface area contributed by atoms with Gasteiger partial charge in [-0.2, -0.15) is 5.26 Å². The van der Waals surface area contributed by atoms with Crippen molar-refractivity contribution in [2.24, 2.45) is 0 Å². The van der Waals surface area contributed by atoms with Gasteiger partial charge >= 0.3 is 0 Å². The lowest BCUT2D eigenvalue weighted by atomic mass is 10.1. The number of halogens is 2. The first-order chi connectivity index (χ1) is 9.11. The van der Waals surface area contributed by atoms with E-state index < -0.39 is 0 Å². The highest BCUT2D eigenvalue weighted by Gasteiger charge is 2.10. The van der Waals surface area contributed by atoms with Gasteiger partial charge in [-0.1, -0.05) is 29.8 Å². The van der Waals surface area contributed by atoms with Crippen molar-refractivity contribution in [1.29, 1.82) is 5.26 Å². The van der Waals surface area contributed by atoms with Gasteiger partial charge in [0.1, 0.15) is 6.07 Å². The van der Waals surface area contributed by atoms with Gasteiger partial charge in [-0.15, -0.1) is 0 Å². The van der Waals surface area contributed by atoms with E-state index in [4.69, 9.17) is 11.6 Å². The quantitative estimate of drug-likeness (QED) is 0.842. The SMILES string of the molecule is CC(Nc1cccc(Br)c1C#N)c1ccc(Cl)cc1. The molecule has 4 heteroatoms. The van der Waals surface area contributed by atoms with Gasteiger partial charge in [0.15, 0.2) is 0 Å². The van der Waals surface area contributed by atoms with Crippen LogP contribution in [-0.2, 0) is 0 Å². The molecule has 0 aromatic heterocycles. The summed E-state index contributed by atoms with van der Waals surface area (Å²) in [5.41, 5.74) is 2.55. The Morgan fingerprint density at radius 1 is 1.21 bits per heavy atom. The molecule has 2 aromatic rings. The smallest absolute Gasteiger partial charge is 0.103 e. The lowest BCUT2D eigenvalue weighted by Gasteiger charge is -2.17. The Morgan fingerprint density at radius 2 is 1.89 bits per heavy atom. The first-order valence-corrected chi connectivity index (χ1v) is 6.99. The number of rotatable bonds is 3. The molecule has 1 atom stereocenters. The zero-order chi connectivity index (χ0) is 13.8. The number of nitrogens with zero attached hydrogens (tertiary/aromatic N) is 1. The van der Waals surface area contributed by atoms with Gasteiger partial charge in [0, 0.05) is 15.5 Å². The lowest BCUT2D eigenvalue weighted by molar-refractivity contribution is 0.884. The Morgan fingerprint density at radius 3 is 2.53 bits per heavy atom. The van der Waals surface area contributed by atoms with Crippen LogP contribution in [0.5, 0.6) is 0 Å². The summed E-state index contributed by atoms with van der Waals surface area (Å²) in [5, 5.41) is 13.2. The Bertz CT molecular complexity index is 617. The highest BCUT2D eigenvalue weighted by atomic mass is 79.9. The minimum Gasteiger partial charge on any atom is -0.377 e. The third kappa shape index (κ3) is 3.28. The standard InChI is InChI=1S/C15H12BrClN2/c1-10(11-5-7-12(17)8-6-11)19-15-4-2-3-14(16)13(15)9-18/h2-8,10,19H,1H3. The summed E-state index contributed by atoms with van der Waals surface area (Å²) in [5.74, 6) is 0. The third-order valence-corrected chi connectivity index (χ3v) is 3.78. The Labute approximate surface area is 126 Å². The van der Waals surface area contributed by atoms with Crippen molar-refractivity contribution < 1.29 is 0 Å². The summed E-state index contributed by atoms with van der Waals surface area (Å²) < 4.78 is 0.795. The minimum atomic E-state index is 0.0960. The van der Waals surface area contributed by atoms with Crippen LogP contribution >= 0.6 is 27.5 Å². The van der Waals surface area contributed by atoms with Gasteiger partial charge in [0.05, 0.1) is 11.3 Å². The van der Waals surface area contributed by atoms with Crippen LogP contribution in [0.4, 0.5) is 5.69 Å². The highest BCUT2D eigenvalue weighted by Crippen LogP contribution is 2.27. The summed E-state index contributed by atoms with van der Waals surface area (Å²) in [6.45, 7) is 2.05. The maximum atomic E-state index is 9.18. The van der Waals surface area contributed by atoms with E-state index in [0.29, 0.717) is 5.56 Å². The van der Waals surface area contributed by atoms with Crippen molar-refractivity contribution in [2.75, 3.05) is 5.32 Å². The molecule has 0 aliphatic heterocycles. The van der Waals surface area contributed by atoms with Crippen LogP contribution < -0.4 is 5.32 Å². The van der Waals surface area contributed by atoms with Crippen molar-refractivity contribution in [1.82, 2.24) is 0 Å². The van der Waals surface area contributed by atoms with Crippen molar-refractivity contribution >= 4 is 33.2 Å². The van der Waals surface area contributed by atoms with Crippen molar-refractivity contribution in [3.63, 3.8) is 0 Å². The van der Waals surface area contributed by atoms with E-state index >= 15 is 0 Å². The summed E-state index contributed by atoms with van der Waals surface area (Å²) in [6.07, 6.45) is 0. The van der Waals surface area contributed by atoms with Crippen LogP contribution in [-0.4, -0.2) is 0 Å². The molecule has 0 radical (unpaired) electrons. The lowest BCUT2D eigenvalue weighted by Crippen LogP contribution is -2.07. The predicted octanol–water partition coefficient (Wildman–Crippen LogP) is 5.15. The molecule has 96 valence electrons. The third-order valence-electron chi connectivity index (χ3n) is 2.87. The first-order valence-electron chi connectivity index (χ1n) is 5.82. The van der Waals surface area contributed by atoms with Gasteiger partial charge in [-0.05, 0) is 52.7 Å². The second kappa shape index (κ2) is 6.10. The Hall–Kier alpha value is -1.50. The summed E-state index contributed by atoms with van der Waals surface area (Å²) in [6, 6.07) is 15.6. The molecule has 1 N–H and O–H groups in total. The molecule has 0 saturated carbocycles. The van der Waals surface area contributed by atoms with E-state index in [-0.39, 0.29) is 6.04 Å². The van der Waals surface area contributed by atoms with E-state index in [1.54, 1.807) is 0 Å². The number of hydrogen-bond acceptors (Lipinski definition) is 2. The van der Waals surface area contributed by atoms with E-state index in [1.165, 1.54) is 0 Å². The molecular weight excluding hydrogens is 324 g/mol. The zero-order valence-corrected chi connectivity index (χ0v) is 12.7. The number of benzene rings is 2. The van der Waals surface area contributed by atoms with Gasteiger partial charge in [-0.3, -0.25) is 0 Å². The molecule has 2 nitrogen and oxygen atoms in total. The van der Waals surface area contributed by atoms with E-state index in [2.05, 4.69) is 27.3 Å². The van der Waals surface area contributed by atoms with Gasteiger partial charge in [0.25, 0.3) is 0 Å². The topological polar surface area (TPSA) is 35.8 Å². The van der Waals surface area contributed by atoms with Crippen LogP contribution in [0.3, 0.4) is 0 Å². The molecule has 0 fully saturated rings. The number of nitrogens with one attached hydrogen (secondary N) is 1. The van der Waals surface area contributed by atoms with Gasteiger partial charge < -0.3 is 5.32 Å². The van der Waals surface area contributed by atoms with Crippen LogP contribution in [0, 0.1) is 11.3 Å². The maximum absolute atomic E-state index is 9.18. The predicted molar refractivity (Wildman–Crippen MR) is 82.3 cm³/mol. The Kier molecular flexibility index (Phi) is 4.47. The summed E-state index contributed by atoms with van der Waals surface area (Å²) in [7, 11) is 0. The van der Waals surface area contributed by atoms with Gasteiger partial charge in [-0.25, -0.2) is 0 Å². The molecule has 0 bridgehead atoms. The summed E-state index contributed by atoms with van der Waals surface area (Å²) >= 11 is 9.26. The van der Waals surface area contributed by atoms with Gasteiger partial charge in [0.2, 0.25) is 0 Å². The second-order valence-electron chi connectivity index (χ2n) is 4.19. The van der Waals surface area contributed by atoms with Crippen molar-refractivity contribution in [3.8, 4) is 6.07 Å². The van der Waals surface area contributed by atoms with Crippen LogP contribution in [0.1, 0.15) is 24.1 Å². The molecule has 19 heavy (non-hydrogen) atoms. The molecular formula is C15H12BrClN2. The fourth-order valence-electron chi connectivity index (χ4n) is 1.83. The number of hydrogen-bond donors (Lipinski definition) is 1. The average Bonchev–Trinajstić information content (AvgIpc) is 2.39. The van der Waals surface area contributed by atoms with Crippen LogP contribution in [0.25, 0.3) is 0 Å². The fraction of sp³-hybridized carbons (Fsp3) is 0.133. The molecule has 1 unspecified atom stereocenters. The molecule has 2 aromatic carbocycles. The monoisotopic (exact) mass is 334 g/mol. The molecule has 0 spiro atoms. The van der Waals surface area contributed by atoms with Crippen LogP contribution in [0.2, 0.25) is 5.02 Å². The second-order valence-corrected chi connectivity index (χ2v) is 5.48. The normalized spacial score (nSPS) is 11.7. The van der Waals surface area contributed by atoms with Crippen molar-refractivity contribution in [3.05, 3.63) is 63.1 Å². The van der Waals surface area contributed by atoms with E-state index in [1.807, 2.05) is 49.4 Å². The fourth-order valence-corrected chi connectivity index (χ4v) is 2.41. The molecule has 0 amide bonds. The Balaban J connectivity index is 2.24. The largest absolute Gasteiger partial charge is 0.377 e. The van der Waals surface area contributed by atoms with Crippen LogP contribution in [0.15, 0.2) is 46.9 Å².